The first-order valence-corrected chi connectivity index (χ1v) is 10.6. The van der Waals surface area contributed by atoms with Crippen LogP contribution in [0.5, 0.6) is 0 Å². The Labute approximate surface area is 176 Å². The van der Waals surface area contributed by atoms with Gasteiger partial charge in [-0.2, -0.15) is 0 Å². The van der Waals surface area contributed by atoms with Crippen molar-refractivity contribution in [3.05, 3.63) is 48.0 Å². The SMILES string of the molecule is NCCCCC(NC(=O)C1CCCN1C(=O)Cc1cccc2ccccc12)C(N)=O. The third kappa shape index (κ3) is 5.16. The lowest BCUT2D eigenvalue weighted by atomic mass is 10.0. The van der Waals surface area contributed by atoms with E-state index in [1.165, 1.54) is 0 Å². The van der Waals surface area contributed by atoms with Crippen molar-refractivity contribution in [1.82, 2.24) is 10.2 Å². The fourth-order valence-corrected chi connectivity index (χ4v) is 4.10. The van der Waals surface area contributed by atoms with Gasteiger partial charge in [-0.05, 0) is 55.0 Å². The highest BCUT2D eigenvalue weighted by Gasteiger charge is 2.35. The molecule has 2 atom stereocenters. The Morgan fingerprint density at radius 3 is 2.63 bits per heavy atom. The van der Waals surface area contributed by atoms with Crippen LogP contribution in [0.25, 0.3) is 10.8 Å². The van der Waals surface area contributed by atoms with Gasteiger partial charge in [-0.3, -0.25) is 14.4 Å². The van der Waals surface area contributed by atoms with Gasteiger partial charge in [0.2, 0.25) is 17.7 Å². The van der Waals surface area contributed by atoms with E-state index in [1.807, 2.05) is 42.5 Å². The summed E-state index contributed by atoms with van der Waals surface area (Å²) in [5.41, 5.74) is 11.9. The number of fused-ring (bicyclic) bond motifs is 1. The summed E-state index contributed by atoms with van der Waals surface area (Å²) < 4.78 is 0. The molecule has 0 aromatic heterocycles. The minimum atomic E-state index is -0.736. The van der Waals surface area contributed by atoms with Crippen LogP contribution in [0.2, 0.25) is 0 Å². The molecule has 7 nitrogen and oxygen atoms in total. The number of amides is 3. The molecule has 1 fully saturated rings. The van der Waals surface area contributed by atoms with Crippen molar-refractivity contribution in [1.29, 1.82) is 0 Å². The van der Waals surface area contributed by atoms with Gasteiger partial charge in [0.05, 0.1) is 6.42 Å². The summed E-state index contributed by atoms with van der Waals surface area (Å²) in [5.74, 6) is -0.954. The first-order chi connectivity index (χ1) is 14.5. The molecule has 1 saturated heterocycles. The Balaban J connectivity index is 1.67. The zero-order valence-corrected chi connectivity index (χ0v) is 17.2. The number of unbranched alkanes of at least 4 members (excludes halogenated alkanes) is 1. The molecule has 3 rings (SSSR count). The van der Waals surface area contributed by atoms with E-state index in [-0.39, 0.29) is 18.2 Å². The van der Waals surface area contributed by atoms with Crippen molar-refractivity contribution in [3.8, 4) is 0 Å². The highest BCUT2D eigenvalue weighted by atomic mass is 16.2. The molecule has 160 valence electrons. The molecule has 3 amide bonds. The summed E-state index contributed by atoms with van der Waals surface area (Å²) in [7, 11) is 0. The van der Waals surface area contributed by atoms with Crippen molar-refractivity contribution in [3.63, 3.8) is 0 Å². The molecule has 1 aliphatic heterocycles. The van der Waals surface area contributed by atoms with Crippen LogP contribution >= 0.6 is 0 Å². The zero-order chi connectivity index (χ0) is 21.5. The lowest BCUT2D eigenvalue weighted by Crippen LogP contribution is -2.52. The molecular weight excluding hydrogens is 380 g/mol. The van der Waals surface area contributed by atoms with E-state index in [4.69, 9.17) is 11.5 Å². The predicted molar refractivity (Wildman–Crippen MR) is 116 cm³/mol. The van der Waals surface area contributed by atoms with Gasteiger partial charge in [0.15, 0.2) is 0 Å². The normalized spacial score (nSPS) is 17.1. The van der Waals surface area contributed by atoms with Crippen LogP contribution in [-0.4, -0.2) is 47.8 Å². The third-order valence-electron chi connectivity index (χ3n) is 5.70. The topological polar surface area (TPSA) is 119 Å². The Morgan fingerprint density at radius 1 is 1.10 bits per heavy atom. The van der Waals surface area contributed by atoms with E-state index in [0.29, 0.717) is 32.4 Å². The van der Waals surface area contributed by atoms with E-state index in [1.54, 1.807) is 4.90 Å². The fraction of sp³-hybridized carbons (Fsp3) is 0.435. The van der Waals surface area contributed by atoms with Crippen LogP contribution in [-0.2, 0) is 20.8 Å². The van der Waals surface area contributed by atoms with Gasteiger partial charge in [-0.1, -0.05) is 42.5 Å². The first kappa shape index (κ1) is 21.8. The maximum absolute atomic E-state index is 13.0. The minimum Gasteiger partial charge on any atom is -0.368 e. The minimum absolute atomic E-state index is 0.0808. The van der Waals surface area contributed by atoms with E-state index in [2.05, 4.69) is 5.32 Å². The van der Waals surface area contributed by atoms with E-state index in [0.717, 1.165) is 29.2 Å². The summed E-state index contributed by atoms with van der Waals surface area (Å²) in [6.07, 6.45) is 3.50. The highest BCUT2D eigenvalue weighted by Crippen LogP contribution is 2.23. The van der Waals surface area contributed by atoms with Crippen LogP contribution in [0, 0.1) is 0 Å². The second kappa shape index (κ2) is 10.2. The summed E-state index contributed by atoms with van der Waals surface area (Å²) >= 11 is 0. The number of nitrogens with one attached hydrogen (secondary N) is 1. The number of nitrogens with two attached hydrogens (primary N) is 2. The van der Waals surface area contributed by atoms with Gasteiger partial charge in [-0.25, -0.2) is 0 Å². The van der Waals surface area contributed by atoms with Crippen molar-refractivity contribution in [2.75, 3.05) is 13.1 Å². The van der Waals surface area contributed by atoms with Crippen LogP contribution < -0.4 is 16.8 Å². The average molecular weight is 411 g/mol. The van der Waals surface area contributed by atoms with Crippen LogP contribution in [0.1, 0.15) is 37.7 Å². The van der Waals surface area contributed by atoms with Crippen LogP contribution in [0.4, 0.5) is 0 Å². The summed E-state index contributed by atoms with van der Waals surface area (Å²) in [6, 6.07) is 12.6. The number of primary amides is 1. The smallest absolute Gasteiger partial charge is 0.243 e. The highest BCUT2D eigenvalue weighted by molar-refractivity contribution is 5.94. The molecule has 0 spiro atoms. The Bertz CT molecular complexity index is 909. The lowest BCUT2D eigenvalue weighted by Gasteiger charge is -2.26. The number of nitrogens with zero attached hydrogens (tertiary/aromatic N) is 1. The average Bonchev–Trinajstić information content (AvgIpc) is 3.23. The number of hydrogen-bond donors (Lipinski definition) is 3. The molecular formula is C23H30N4O3. The van der Waals surface area contributed by atoms with Crippen molar-refractivity contribution in [2.24, 2.45) is 11.5 Å². The summed E-state index contributed by atoms with van der Waals surface area (Å²) in [4.78, 5) is 39.2. The number of rotatable bonds is 9. The lowest BCUT2D eigenvalue weighted by molar-refractivity contribution is -0.138. The van der Waals surface area contributed by atoms with Gasteiger partial charge in [0.25, 0.3) is 0 Å². The Morgan fingerprint density at radius 2 is 1.87 bits per heavy atom. The fourth-order valence-electron chi connectivity index (χ4n) is 4.10. The number of carbonyl (C=O) groups excluding carboxylic acids is 3. The number of benzene rings is 2. The van der Waals surface area contributed by atoms with Crippen molar-refractivity contribution < 1.29 is 14.4 Å². The molecule has 2 unspecified atom stereocenters. The van der Waals surface area contributed by atoms with Crippen LogP contribution in [0.3, 0.4) is 0 Å². The van der Waals surface area contributed by atoms with Gasteiger partial charge < -0.3 is 21.7 Å². The standard InChI is InChI=1S/C23H30N4O3/c24-13-4-3-11-19(22(25)29)26-23(30)20-12-6-14-27(20)21(28)15-17-9-5-8-16-7-1-2-10-18(16)17/h1-2,5,7-10,19-20H,3-4,6,11-15,24H2,(H2,25,29)(H,26,30). The van der Waals surface area contributed by atoms with Gasteiger partial charge in [0, 0.05) is 6.54 Å². The van der Waals surface area contributed by atoms with E-state index >= 15 is 0 Å². The largest absolute Gasteiger partial charge is 0.368 e. The van der Waals surface area contributed by atoms with Gasteiger partial charge in [-0.15, -0.1) is 0 Å². The first-order valence-electron chi connectivity index (χ1n) is 10.6. The second-order valence-electron chi connectivity index (χ2n) is 7.81. The monoisotopic (exact) mass is 410 g/mol. The molecule has 0 aliphatic carbocycles. The van der Waals surface area contributed by atoms with Crippen LogP contribution in [0.15, 0.2) is 42.5 Å². The molecule has 2 aromatic carbocycles. The molecule has 7 heteroatoms. The molecule has 1 heterocycles. The molecule has 2 aromatic rings. The van der Waals surface area contributed by atoms with Crippen molar-refractivity contribution >= 4 is 28.5 Å². The Kier molecular flexibility index (Phi) is 7.41. The van der Waals surface area contributed by atoms with Gasteiger partial charge in [0.1, 0.15) is 12.1 Å². The molecule has 0 radical (unpaired) electrons. The van der Waals surface area contributed by atoms with E-state index < -0.39 is 18.0 Å². The molecule has 0 saturated carbocycles. The number of likely N-dealkylation sites (tertiary alicyclic amines) is 1. The molecule has 1 aliphatic rings. The second-order valence-corrected chi connectivity index (χ2v) is 7.81. The quantitative estimate of drug-likeness (QED) is 0.543. The third-order valence-corrected chi connectivity index (χ3v) is 5.70. The maximum atomic E-state index is 13.0. The van der Waals surface area contributed by atoms with Gasteiger partial charge >= 0.3 is 0 Å². The van der Waals surface area contributed by atoms with E-state index in [9.17, 15) is 14.4 Å². The summed E-state index contributed by atoms with van der Waals surface area (Å²) in [6.45, 7) is 1.06. The molecule has 30 heavy (non-hydrogen) atoms. The predicted octanol–water partition coefficient (Wildman–Crippen LogP) is 1.47. The molecule has 5 N–H and O–H groups in total. The summed E-state index contributed by atoms with van der Waals surface area (Å²) in [5, 5.41) is 4.87. The maximum Gasteiger partial charge on any atom is 0.243 e. The van der Waals surface area contributed by atoms with Crippen molar-refractivity contribution in [2.45, 2.75) is 50.6 Å². The number of carbonyl (C=O) groups is 3. The number of hydrogen-bond acceptors (Lipinski definition) is 4. The zero-order valence-electron chi connectivity index (χ0n) is 17.2. The molecule has 0 bridgehead atoms. The Hall–Kier alpha value is -2.93.